The molecule has 2 aliphatic heterocycles. The van der Waals surface area contributed by atoms with Gasteiger partial charge in [-0.05, 0) is 85.6 Å². The number of piperazine rings is 1. The summed E-state index contributed by atoms with van der Waals surface area (Å²) in [6.07, 6.45) is -4.09. The maximum absolute atomic E-state index is 14.1. The van der Waals surface area contributed by atoms with Gasteiger partial charge in [0, 0.05) is 69.5 Å². The first kappa shape index (κ1) is 43.2. The Balaban J connectivity index is 1.10. The van der Waals surface area contributed by atoms with Crippen molar-refractivity contribution in [1.82, 2.24) is 24.7 Å². The van der Waals surface area contributed by atoms with Crippen LogP contribution >= 0.6 is 11.6 Å². The Morgan fingerprint density at radius 3 is 2.37 bits per heavy atom. The first-order valence-corrected chi connectivity index (χ1v) is 20.2. The predicted octanol–water partition coefficient (Wildman–Crippen LogP) is 6.34. The lowest BCUT2D eigenvalue weighted by molar-refractivity contribution is -0.141. The number of fused-ring (bicyclic) bond motifs is 1. The van der Waals surface area contributed by atoms with Crippen molar-refractivity contribution >= 4 is 52.0 Å². The molecule has 0 radical (unpaired) electrons. The van der Waals surface area contributed by atoms with E-state index in [4.69, 9.17) is 26.8 Å². The molecular weight excluding hydrogens is 791 g/mol. The monoisotopic (exact) mass is 839 g/mol. The number of hydrogen-bond acceptors (Lipinski definition) is 10. The Morgan fingerprint density at radius 1 is 0.983 bits per heavy atom. The van der Waals surface area contributed by atoms with Gasteiger partial charge in [0.25, 0.3) is 11.5 Å². The van der Waals surface area contributed by atoms with E-state index in [1.54, 1.807) is 12.1 Å². The molecule has 0 spiro atoms. The zero-order valence-corrected chi connectivity index (χ0v) is 33.9. The minimum Gasteiger partial charge on any atom is -0.461 e. The lowest BCUT2D eigenvalue weighted by Crippen LogP contribution is -2.53. The number of aromatic amines is 1. The highest BCUT2D eigenvalue weighted by atomic mass is 35.5. The summed E-state index contributed by atoms with van der Waals surface area (Å²) in [7, 11) is 0. The smallest absolute Gasteiger partial charge is 0.418 e. The number of amides is 2. The van der Waals surface area contributed by atoms with E-state index in [-0.39, 0.29) is 61.3 Å². The molecule has 2 aromatic heterocycles. The maximum atomic E-state index is 14.1. The van der Waals surface area contributed by atoms with Crippen LogP contribution in [0.2, 0.25) is 5.02 Å². The van der Waals surface area contributed by atoms with Crippen molar-refractivity contribution in [2.45, 2.75) is 57.7 Å². The number of carbonyl (C=O) groups excluding carboxylic acids is 3. The topological polar surface area (TPSA) is 154 Å². The van der Waals surface area contributed by atoms with Gasteiger partial charge in [0.2, 0.25) is 0 Å². The van der Waals surface area contributed by atoms with Gasteiger partial charge in [-0.2, -0.15) is 13.2 Å². The average molecular weight is 840 g/mol. The Bertz CT molecular complexity index is 2170. The van der Waals surface area contributed by atoms with Crippen LogP contribution in [-0.2, 0) is 26.9 Å². The highest BCUT2D eigenvalue weighted by molar-refractivity contribution is 6.33. The van der Waals surface area contributed by atoms with Gasteiger partial charge in [0.15, 0.2) is 6.10 Å². The molecule has 2 fully saturated rings. The third-order valence-electron chi connectivity index (χ3n) is 10.9. The van der Waals surface area contributed by atoms with Crippen molar-refractivity contribution in [3.8, 4) is 0 Å². The number of halogens is 4. The lowest BCUT2D eigenvalue weighted by atomic mass is 9.89. The number of likely N-dealkylation sites (N-methyl/N-ethyl adjacent to an activating group) is 1. The van der Waals surface area contributed by atoms with Crippen LogP contribution in [-0.4, -0.2) is 114 Å². The number of esters is 1. The van der Waals surface area contributed by atoms with Crippen molar-refractivity contribution in [3.05, 3.63) is 98.4 Å². The number of hydrogen-bond donors (Lipinski definition) is 2. The van der Waals surface area contributed by atoms with Crippen molar-refractivity contribution < 1.29 is 37.0 Å². The van der Waals surface area contributed by atoms with Gasteiger partial charge in [-0.3, -0.25) is 9.59 Å². The molecule has 3 N–H and O–H groups in total. The Morgan fingerprint density at radius 2 is 1.71 bits per heavy atom. The zero-order valence-electron chi connectivity index (χ0n) is 33.1. The first-order valence-electron chi connectivity index (χ1n) is 19.9. The van der Waals surface area contributed by atoms with Crippen LogP contribution < -0.4 is 16.2 Å². The van der Waals surface area contributed by atoms with Crippen molar-refractivity contribution in [1.29, 1.82) is 0 Å². The fraction of sp³-hybridized carbons (Fsp3) is 0.452. The zero-order chi connectivity index (χ0) is 42.3. The van der Waals surface area contributed by atoms with E-state index in [1.165, 1.54) is 22.1 Å². The summed E-state index contributed by atoms with van der Waals surface area (Å²) in [6, 6.07) is 14.7. The molecule has 59 heavy (non-hydrogen) atoms. The summed E-state index contributed by atoms with van der Waals surface area (Å²) < 4.78 is 53.0. The second kappa shape index (κ2) is 19.1. The number of carbonyl (C=O) groups is 3. The molecule has 1 atom stereocenters. The van der Waals surface area contributed by atoms with Crippen LogP contribution in [0.25, 0.3) is 10.9 Å². The van der Waals surface area contributed by atoms with Gasteiger partial charge in [-0.15, -0.1) is 0 Å². The van der Waals surface area contributed by atoms with Crippen LogP contribution in [0.4, 0.5) is 29.5 Å². The molecule has 13 nitrogen and oxygen atoms in total. The van der Waals surface area contributed by atoms with E-state index in [2.05, 4.69) is 28.7 Å². The van der Waals surface area contributed by atoms with Gasteiger partial charge >= 0.3 is 18.2 Å². The maximum Gasteiger partial charge on any atom is 0.418 e. The molecule has 2 amide bonds. The van der Waals surface area contributed by atoms with Crippen LogP contribution in [0.3, 0.4) is 0 Å². The molecular formula is C42H49ClF3N7O6. The van der Waals surface area contributed by atoms with E-state index in [0.717, 1.165) is 36.5 Å². The van der Waals surface area contributed by atoms with Crippen LogP contribution in [0.1, 0.15) is 66.1 Å². The summed E-state index contributed by atoms with van der Waals surface area (Å²) in [5.74, 6) is -0.585. The second-order valence-electron chi connectivity index (χ2n) is 14.8. The number of likely N-dealkylation sites (tertiary alicyclic amines) is 1. The van der Waals surface area contributed by atoms with Gasteiger partial charge < -0.3 is 39.8 Å². The third-order valence-corrected chi connectivity index (χ3v) is 11.2. The number of piperidine rings is 1. The second-order valence-corrected chi connectivity index (χ2v) is 15.2. The minimum absolute atomic E-state index is 0.0158. The molecule has 2 aliphatic rings. The molecule has 0 bridgehead atoms. The molecule has 4 heterocycles. The van der Waals surface area contributed by atoms with E-state index in [9.17, 15) is 32.3 Å². The van der Waals surface area contributed by atoms with Gasteiger partial charge in [0.1, 0.15) is 12.4 Å². The number of nitrogens with one attached hydrogen (secondary N) is 1. The summed E-state index contributed by atoms with van der Waals surface area (Å²) in [5.41, 5.74) is 5.35. The highest BCUT2D eigenvalue weighted by Crippen LogP contribution is 2.38. The number of nitrogen functional groups attached to an aromatic ring is 1. The summed E-state index contributed by atoms with van der Waals surface area (Å²) >= 11 is 6.12. The summed E-state index contributed by atoms with van der Waals surface area (Å²) in [4.78, 5) is 67.7. The Kier molecular flexibility index (Phi) is 14.0. The van der Waals surface area contributed by atoms with Crippen molar-refractivity contribution in [2.75, 3.05) is 76.1 Å². The average Bonchev–Trinajstić information content (AvgIpc) is 3.23. The van der Waals surface area contributed by atoms with Crippen molar-refractivity contribution in [3.63, 3.8) is 0 Å². The van der Waals surface area contributed by atoms with E-state index in [1.807, 2.05) is 35.2 Å². The highest BCUT2D eigenvalue weighted by Gasteiger charge is 2.37. The quantitative estimate of drug-likeness (QED) is 0.115. The fourth-order valence-electron chi connectivity index (χ4n) is 7.61. The van der Waals surface area contributed by atoms with Crippen molar-refractivity contribution in [2.24, 2.45) is 0 Å². The number of benzene rings is 2. The number of anilines is 2. The minimum atomic E-state index is -4.81. The molecule has 4 aromatic rings. The molecule has 17 heteroatoms. The predicted molar refractivity (Wildman–Crippen MR) is 219 cm³/mol. The van der Waals surface area contributed by atoms with E-state index >= 15 is 0 Å². The number of rotatable bonds is 13. The molecule has 2 saturated heterocycles. The van der Waals surface area contributed by atoms with Crippen LogP contribution in [0, 0.1) is 0 Å². The number of ether oxygens (including phenoxy) is 2. The van der Waals surface area contributed by atoms with Crippen LogP contribution in [0.5, 0.6) is 0 Å². The lowest BCUT2D eigenvalue weighted by Gasteiger charge is -2.37. The molecule has 0 saturated carbocycles. The number of nitrogens with two attached hydrogens (primary N) is 1. The number of alkyl halides is 3. The largest absolute Gasteiger partial charge is 0.461 e. The number of para-hydroxylation sites is 1. The Labute approximate surface area is 345 Å². The van der Waals surface area contributed by atoms with E-state index < -0.39 is 41.5 Å². The number of pyridine rings is 2. The number of H-pyrrole nitrogens is 1. The number of nitrogens with zero attached hydrogens (tertiary/aromatic N) is 5. The molecule has 6 rings (SSSR count). The third kappa shape index (κ3) is 10.6. The SMILES string of the molecule is CCCN(CC)CCOC(=O)c1ccc(N2CCN(C(=O)[C@@H](Cc3cc(Cl)c(N)c(C(F)(F)F)c3)OC(=O)N3CCC(c4cc5ccccc5[nH]c4=O)CC3)CC2)nc1. The standard InChI is InChI=1S/C42H49ClF3N7O6/c1-3-13-50(4-2)20-21-58-40(56)30-9-10-36(48-26-30)51-16-18-52(19-17-51)39(55)35(24-27-22-32(42(44,45)46)37(47)33(43)23-27)59-41(57)53-14-11-28(12-15-53)31-25-29-7-5-6-8-34(29)49-38(31)54/h5-10,22-23,25-26,28,35H,3-4,11-21,24,47H2,1-2H3,(H,49,54)/t35-/m1/s1. The summed E-state index contributed by atoms with van der Waals surface area (Å²) in [5, 5.41) is 0.555. The molecule has 316 valence electrons. The molecule has 2 aromatic carbocycles. The van der Waals surface area contributed by atoms with Gasteiger partial charge in [0.05, 0.1) is 21.8 Å². The summed E-state index contributed by atoms with van der Waals surface area (Å²) in [6.45, 7) is 8.42. The molecule has 0 aliphatic carbocycles. The van der Waals surface area contributed by atoms with Gasteiger partial charge in [-0.1, -0.05) is 43.6 Å². The molecule has 0 unspecified atom stereocenters. The van der Waals surface area contributed by atoms with Gasteiger partial charge in [-0.25, -0.2) is 14.6 Å². The first-order chi connectivity index (χ1) is 28.2. The Hall–Kier alpha value is -5.35. The number of aromatic nitrogens is 2. The van der Waals surface area contributed by atoms with E-state index in [0.29, 0.717) is 49.4 Å². The van der Waals surface area contributed by atoms with Crippen LogP contribution in [0.15, 0.2) is 65.6 Å². The fourth-order valence-corrected chi connectivity index (χ4v) is 7.85. The normalized spacial score (nSPS) is 15.7.